The van der Waals surface area contributed by atoms with Gasteiger partial charge in [-0.15, -0.1) is 11.3 Å². The third-order valence-corrected chi connectivity index (χ3v) is 7.76. The summed E-state index contributed by atoms with van der Waals surface area (Å²) in [6.07, 6.45) is 0. The lowest BCUT2D eigenvalue weighted by atomic mass is 10.2. The molecule has 2 heterocycles. The van der Waals surface area contributed by atoms with E-state index in [1.54, 1.807) is 35.7 Å². The number of benzene rings is 1. The van der Waals surface area contributed by atoms with Crippen molar-refractivity contribution in [3.63, 3.8) is 0 Å². The highest BCUT2D eigenvalue weighted by atomic mass is 35.5. The molecule has 3 rings (SSSR count). The summed E-state index contributed by atoms with van der Waals surface area (Å²) >= 11 is 7.14. The second kappa shape index (κ2) is 8.06. The fourth-order valence-corrected chi connectivity index (χ4v) is 5.62. The number of amides is 1. The van der Waals surface area contributed by atoms with Crippen LogP contribution in [-0.2, 0) is 14.8 Å². The highest BCUT2D eigenvalue weighted by Gasteiger charge is 2.29. The Morgan fingerprint density at radius 3 is 2.58 bits per heavy atom. The summed E-state index contributed by atoms with van der Waals surface area (Å²) in [5.41, 5.74) is 1.64. The Morgan fingerprint density at radius 2 is 1.96 bits per heavy atom. The number of hydrogen-bond donors (Lipinski definition) is 1. The van der Waals surface area contributed by atoms with Crippen LogP contribution in [0.3, 0.4) is 0 Å². The fourth-order valence-electron chi connectivity index (χ4n) is 2.83. The summed E-state index contributed by atoms with van der Waals surface area (Å²) in [5, 5.41) is 5.26. The van der Waals surface area contributed by atoms with Crippen molar-refractivity contribution in [2.24, 2.45) is 0 Å². The van der Waals surface area contributed by atoms with Gasteiger partial charge in [-0.25, -0.2) is 8.42 Å². The van der Waals surface area contributed by atoms with Crippen molar-refractivity contribution in [2.75, 3.05) is 38.0 Å². The van der Waals surface area contributed by atoms with Crippen LogP contribution in [0.5, 0.6) is 0 Å². The van der Waals surface area contributed by atoms with Gasteiger partial charge in [-0.3, -0.25) is 9.69 Å². The average molecular weight is 414 g/mol. The highest BCUT2D eigenvalue weighted by Crippen LogP contribution is 2.22. The number of anilines is 1. The van der Waals surface area contributed by atoms with Gasteiger partial charge in [0.25, 0.3) is 10.0 Å². The number of rotatable bonds is 5. The van der Waals surface area contributed by atoms with Crippen LogP contribution in [0, 0.1) is 6.92 Å². The van der Waals surface area contributed by atoms with Crippen molar-refractivity contribution in [3.8, 4) is 0 Å². The Morgan fingerprint density at radius 1 is 1.23 bits per heavy atom. The van der Waals surface area contributed by atoms with Gasteiger partial charge in [0.15, 0.2) is 0 Å². The maximum absolute atomic E-state index is 12.5. The molecule has 1 fully saturated rings. The molecule has 0 saturated carbocycles. The Labute approximate surface area is 162 Å². The van der Waals surface area contributed by atoms with E-state index < -0.39 is 10.0 Å². The molecule has 9 heteroatoms. The van der Waals surface area contributed by atoms with Gasteiger partial charge in [-0.05, 0) is 42.1 Å². The third-order valence-electron chi connectivity index (χ3n) is 4.25. The molecule has 1 aliphatic heterocycles. The van der Waals surface area contributed by atoms with Crippen molar-refractivity contribution in [3.05, 3.63) is 46.3 Å². The highest BCUT2D eigenvalue weighted by molar-refractivity contribution is 7.91. The molecular weight excluding hydrogens is 394 g/mol. The van der Waals surface area contributed by atoms with Crippen LogP contribution < -0.4 is 5.32 Å². The van der Waals surface area contributed by atoms with Crippen LogP contribution in [0.4, 0.5) is 5.69 Å². The average Bonchev–Trinajstić information content (AvgIpc) is 3.13. The Balaban J connectivity index is 1.53. The number of piperazine rings is 1. The summed E-state index contributed by atoms with van der Waals surface area (Å²) in [7, 11) is -3.42. The van der Waals surface area contributed by atoms with Crippen molar-refractivity contribution < 1.29 is 13.2 Å². The number of thiophene rings is 1. The zero-order chi connectivity index (χ0) is 18.7. The maximum Gasteiger partial charge on any atom is 0.252 e. The molecule has 1 N–H and O–H groups in total. The smallest absolute Gasteiger partial charge is 0.252 e. The third kappa shape index (κ3) is 4.44. The van der Waals surface area contributed by atoms with Crippen LogP contribution >= 0.6 is 22.9 Å². The first-order valence-electron chi connectivity index (χ1n) is 8.18. The molecular formula is C17H20ClN3O3S2. The topological polar surface area (TPSA) is 69.7 Å². The SMILES string of the molecule is Cc1cc(Cl)ccc1NC(=O)CN1CCN(S(=O)(=O)c2cccs2)CC1. The predicted octanol–water partition coefficient (Wildman–Crippen LogP) is 2.65. The van der Waals surface area contributed by atoms with Gasteiger partial charge in [0, 0.05) is 36.9 Å². The zero-order valence-corrected chi connectivity index (χ0v) is 16.7. The van der Waals surface area contributed by atoms with Crippen molar-refractivity contribution in [1.29, 1.82) is 0 Å². The molecule has 0 spiro atoms. The Bertz CT molecular complexity index is 877. The van der Waals surface area contributed by atoms with Crippen LogP contribution in [0.1, 0.15) is 5.56 Å². The van der Waals surface area contributed by atoms with E-state index in [9.17, 15) is 13.2 Å². The summed E-state index contributed by atoms with van der Waals surface area (Å²) in [5.74, 6) is -0.120. The monoisotopic (exact) mass is 413 g/mol. The summed E-state index contributed by atoms with van der Waals surface area (Å²) in [6.45, 7) is 3.93. The first kappa shape index (κ1) is 19.3. The molecule has 26 heavy (non-hydrogen) atoms. The molecule has 1 aromatic heterocycles. The van der Waals surface area contributed by atoms with Gasteiger partial charge in [0.05, 0.1) is 6.54 Å². The minimum absolute atomic E-state index is 0.120. The fraction of sp³-hybridized carbons (Fsp3) is 0.353. The first-order chi connectivity index (χ1) is 12.4. The summed E-state index contributed by atoms with van der Waals surface area (Å²) < 4.78 is 26.9. The van der Waals surface area contributed by atoms with Crippen molar-refractivity contribution >= 4 is 44.6 Å². The number of aryl methyl sites for hydroxylation is 1. The van der Waals surface area contributed by atoms with Gasteiger partial charge in [0.2, 0.25) is 5.91 Å². The normalized spacial score (nSPS) is 16.5. The van der Waals surface area contributed by atoms with Crippen molar-refractivity contribution in [2.45, 2.75) is 11.1 Å². The minimum atomic E-state index is -3.42. The number of halogens is 1. The van der Waals surface area contributed by atoms with E-state index in [-0.39, 0.29) is 12.5 Å². The maximum atomic E-state index is 12.5. The largest absolute Gasteiger partial charge is 0.325 e. The standard InChI is InChI=1S/C17H20ClN3O3S2/c1-13-11-14(18)4-5-15(13)19-16(22)12-20-6-8-21(9-7-20)26(23,24)17-3-2-10-25-17/h2-5,10-11H,6-9,12H2,1H3,(H,19,22). The molecule has 1 amide bonds. The molecule has 0 unspecified atom stereocenters. The molecule has 2 aromatic rings. The molecule has 0 atom stereocenters. The van der Waals surface area contributed by atoms with Crippen LogP contribution in [-0.4, -0.2) is 56.3 Å². The van der Waals surface area contributed by atoms with Crippen LogP contribution in [0.2, 0.25) is 5.02 Å². The lowest BCUT2D eigenvalue weighted by Crippen LogP contribution is -2.50. The molecule has 0 bridgehead atoms. The van der Waals surface area contributed by atoms with Gasteiger partial charge in [0.1, 0.15) is 4.21 Å². The summed E-state index contributed by atoms with van der Waals surface area (Å²) in [4.78, 5) is 14.2. The molecule has 6 nitrogen and oxygen atoms in total. The Kier molecular flexibility index (Phi) is 5.99. The molecule has 0 aliphatic carbocycles. The quantitative estimate of drug-likeness (QED) is 0.818. The molecule has 1 saturated heterocycles. The number of nitrogens with zero attached hydrogens (tertiary/aromatic N) is 2. The van der Waals surface area contributed by atoms with E-state index in [1.807, 2.05) is 11.8 Å². The predicted molar refractivity (Wildman–Crippen MR) is 104 cm³/mol. The summed E-state index contributed by atoms with van der Waals surface area (Å²) in [6, 6.07) is 8.66. The molecule has 1 aromatic carbocycles. The van der Waals surface area contributed by atoms with E-state index >= 15 is 0 Å². The van der Waals surface area contributed by atoms with Crippen molar-refractivity contribution in [1.82, 2.24) is 9.21 Å². The number of hydrogen-bond acceptors (Lipinski definition) is 5. The lowest BCUT2D eigenvalue weighted by molar-refractivity contribution is -0.117. The number of carbonyl (C=O) groups excluding carboxylic acids is 1. The van der Waals surface area contributed by atoms with E-state index in [0.29, 0.717) is 35.4 Å². The Hall–Kier alpha value is -1.45. The van der Waals surface area contributed by atoms with E-state index in [4.69, 9.17) is 11.6 Å². The van der Waals surface area contributed by atoms with Gasteiger partial charge < -0.3 is 5.32 Å². The van der Waals surface area contributed by atoms with E-state index in [0.717, 1.165) is 11.3 Å². The second-order valence-electron chi connectivity index (χ2n) is 6.12. The van der Waals surface area contributed by atoms with E-state index in [1.165, 1.54) is 15.6 Å². The second-order valence-corrected chi connectivity index (χ2v) is 9.67. The van der Waals surface area contributed by atoms with E-state index in [2.05, 4.69) is 5.32 Å². The number of carbonyl (C=O) groups is 1. The van der Waals surface area contributed by atoms with Crippen LogP contribution in [0.25, 0.3) is 0 Å². The lowest BCUT2D eigenvalue weighted by Gasteiger charge is -2.33. The molecule has 0 radical (unpaired) electrons. The van der Waals surface area contributed by atoms with Crippen LogP contribution in [0.15, 0.2) is 39.9 Å². The van der Waals surface area contributed by atoms with Gasteiger partial charge in [-0.1, -0.05) is 17.7 Å². The first-order valence-corrected chi connectivity index (χ1v) is 10.9. The van der Waals surface area contributed by atoms with Gasteiger partial charge in [-0.2, -0.15) is 4.31 Å². The number of sulfonamides is 1. The zero-order valence-electron chi connectivity index (χ0n) is 14.3. The minimum Gasteiger partial charge on any atom is -0.325 e. The molecule has 1 aliphatic rings. The number of nitrogens with one attached hydrogen (secondary N) is 1. The van der Waals surface area contributed by atoms with Gasteiger partial charge >= 0.3 is 0 Å². The molecule has 140 valence electrons.